The van der Waals surface area contributed by atoms with Crippen LogP contribution in [0, 0.1) is 12.3 Å². The Kier molecular flexibility index (Phi) is 2.64. The van der Waals surface area contributed by atoms with Gasteiger partial charge in [0.05, 0.1) is 18.1 Å². The van der Waals surface area contributed by atoms with Crippen molar-refractivity contribution in [3.8, 4) is 12.3 Å². The van der Waals surface area contributed by atoms with Crippen molar-refractivity contribution < 1.29 is 8.42 Å². The number of nitrogens with one attached hydrogen (secondary N) is 2. The maximum atomic E-state index is 11.6. The van der Waals surface area contributed by atoms with Crippen molar-refractivity contribution in [2.45, 2.75) is 24.4 Å². The highest BCUT2D eigenvalue weighted by molar-refractivity contribution is 7.89. The Balaban J connectivity index is 2.97. The van der Waals surface area contributed by atoms with Crippen LogP contribution in [0.3, 0.4) is 0 Å². The largest absolute Gasteiger partial charge is 0.335 e. The highest BCUT2D eigenvalue weighted by Crippen LogP contribution is 2.08. The zero-order chi connectivity index (χ0) is 10.8. The fraction of sp³-hybridized carbons (Fsp3) is 0.375. The topological polar surface area (TPSA) is 74.8 Å². The molecule has 0 atom stereocenters. The third-order valence-electron chi connectivity index (χ3n) is 1.51. The molecule has 0 saturated heterocycles. The minimum absolute atomic E-state index is 0.000764. The molecule has 1 aromatic rings. The molecule has 0 saturated carbocycles. The smallest absolute Gasteiger partial charge is 0.258 e. The minimum atomic E-state index is -3.60. The highest BCUT2D eigenvalue weighted by atomic mass is 32.2. The molecular weight excluding hydrogens is 202 g/mol. The summed E-state index contributed by atoms with van der Waals surface area (Å²) >= 11 is 0. The Labute approximate surface area is 83.0 Å². The lowest BCUT2D eigenvalue weighted by Crippen LogP contribution is -2.42. The van der Waals surface area contributed by atoms with E-state index in [0.29, 0.717) is 0 Å². The summed E-state index contributed by atoms with van der Waals surface area (Å²) in [4.78, 5) is 6.11. The van der Waals surface area contributed by atoms with Gasteiger partial charge in [-0.3, -0.25) is 0 Å². The second-order valence-electron chi connectivity index (χ2n) is 3.29. The molecule has 0 aromatic carbocycles. The van der Waals surface area contributed by atoms with Crippen molar-refractivity contribution >= 4 is 10.0 Å². The van der Waals surface area contributed by atoms with Gasteiger partial charge in [-0.05, 0) is 13.8 Å². The van der Waals surface area contributed by atoms with Gasteiger partial charge in [0.15, 0.2) is 5.03 Å². The first-order chi connectivity index (χ1) is 6.37. The molecule has 1 aromatic heterocycles. The number of rotatable bonds is 3. The fourth-order valence-corrected chi connectivity index (χ4v) is 2.06. The summed E-state index contributed by atoms with van der Waals surface area (Å²) in [5, 5.41) is 0.000764. The predicted molar refractivity (Wildman–Crippen MR) is 51.8 cm³/mol. The Morgan fingerprint density at radius 1 is 1.64 bits per heavy atom. The molecule has 76 valence electrons. The number of H-pyrrole nitrogens is 1. The molecule has 1 heterocycles. The number of terminal acetylenes is 1. The molecule has 0 bridgehead atoms. The van der Waals surface area contributed by atoms with Gasteiger partial charge in [0.1, 0.15) is 0 Å². The van der Waals surface area contributed by atoms with E-state index < -0.39 is 15.6 Å². The van der Waals surface area contributed by atoms with Crippen molar-refractivity contribution in [2.75, 3.05) is 0 Å². The number of nitrogens with zero attached hydrogens (tertiary/aromatic N) is 1. The molecular formula is C8H11N3O2S. The Bertz CT molecular complexity index is 439. The van der Waals surface area contributed by atoms with Crippen LogP contribution in [-0.2, 0) is 10.0 Å². The van der Waals surface area contributed by atoms with Gasteiger partial charge < -0.3 is 4.98 Å². The van der Waals surface area contributed by atoms with E-state index >= 15 is 0 Å². The molecule has 0 unspecified atom stereocenters. The van der Waals surface area contributed by atoms with Crippen molar-refractivity contribution in [1.29, 1.82) is 0 Å². The average molecular weight is 213 g/mol. The van der Waals surface area contributed by atoms with Crippen LogP contribution in [0.2, 0.25) is 0 Å². The van der Waals surface area contributed by atoms with Gasteiger partial charge in [0.2, 0.25) is 0 Å². The summed E-state index contributed by atoms with van der Waals surface area (Å²) < 4.78 is 25.5. The number of aromatic nitrogens is 2. The van der Waals surface area contributed by atoms with Crippen LogP contribution in [0.4, 0.5) is 0 Å². The summed E-state index contributed by atoms with van der Waals surface area (Å²) in [6.07, 6.45) is 7.67. The monoisotopic (exact) mass is 213 g/mol. The zero-order valence-corrected chi connectivity index (χ0v) is 8.72. The normalized spacial score (nSPS) is 12.4. The minimum Gasteiger partial charge on any atom is -0.335 e. The molecule has 0 amide bonds. The first kappa shape index (κ1) is 10.8. The number of sulfonamides is 1. The molecule has 2 N–H and O–H groups in total. The van der Waals surface area contributed by atoms with Crippen LogP contribution >= 0.6 is 0 Å². The summed E-state index contributed by atoms with van der Waals surface area (Å²) in [6, 6.07) is 0. The summed E-state index contributed by atoms with van der Waals surface area (Å²) in [5.74, 6) is 2.33. The third kappa shape index (κ3) is 2.34. The van der Waals surface area contributed by atoms with Gasteiger partial charge in [-0.1, -0.05) is 5.92 Å². The standard InChI is InChI=1S/C8H11N3O2S/c1-4-8(2,3)11-14(12,13)7-5-9-6-10-7/h1,5-6,11H,2-3H3,(H,9,10). The Morgan fingerprint density at radius 2 is 2.29 bits per heavy atom. The van der Waals surface area contributed by atoms with E-state index in [-0.39, 0.29) is 5.03 Å². The van der Waals surface area contributed by atoms with Gasteiger partial charge in [-0.15, -0.1) is 6.42 Å². The quantitative estimate of drug-likeness (QED) is 0.699. The maximum Gasteiger partial charge on any atom is 0.258 e. The Morgan fingerprint density at radius 3 is 2.71 bits per heavy atom. The van der Waals surface area contributed by atoms with E-state index in [1.807, 2.05) is 0 Å². The van der Waals surface area contributed by atoms with Crippen molar-refractivity contribution in [3.63, 3.8) is 0 Å². The van der Waals surface area contributed by atoms with Crippen LogP contribution in [0.25, 0.3) is 0 Å². The molecule has 1 rings (SSSR count). The number of imidazole rings is 1. The SMILES string of the molecule is C#CC(C)(C)NS(=O)(=O)c1cnc[nH]1. The molecule has 0 aliphatic carbocycles. The van der Waals surface area contributed by atoms with Gasteiger partial charge in [0, 0.05) is 0 Å². The molecule has 0 spiro atoms. The van der Waals surface area contributed by atoms with Crippen molar-refractivity contribution in [1.82, 2.24) is 14.7 Å². The van der Waals surface area contributed by atoms with Crippen LogP contribution in [0.1, 0.15) is 13.8 Å². The molecule has 0 fully saturated rings. The number of aromatic amines is 1. The van der Waals surface area contributed by atoms with Gasteiger partial charge >= 0.3 is 0 Å². The van der Waals surface area contributed by atoms with Crippen LogP contribution in [0.5, 0.6) is 0 Å². The fourth-order valence-electron chi connectivity index (χ4n) is 0.810. The van der Waals surface area contributed by atoms with Crippen LogP contribution in [-0.4, -0.2) is 23.9 Å². The lowest BCUT2D eigenvalue weighted by atomic mass is 10.1. The van der Waals surface area contributed by atoms with Crippen molar-refractivity contribution in [2.24, 2.45) is 0 Å². The molecule has 5 nitrogen and oxygen atoms in total. The third-order valence-corrected chi connectivity index (χ3v) is 3.09. The summed E-state index contributed by atoms with van der Waals surface area (Å²) in [7, 11) is -3.60. The summed E-state index contributed by atoms with van der Waals surface area (Å²) in [6.45, 7) is 3.20. The molecule has 0 radical (unpaired) electrons. The van der Waals surface area contributed by atoms with E-state index in [4.69, 9.17) is 6.42 Å². The molecule has 0 aliphatic rings. The highest BCUT2D eigenvalue weighted by Gasteiger charge is 2.24. The lowest BCUT2D eigenvalue weighted by molar-refractivity contribution is 0.536. The van der Waals surface area contributed by atoms with E-state index in [1.54, 1.807) is 13.8 Å². The summed E-state index contributed by atoms with van der Waals surface area (Å²) in [5.41, 5.74) is -0.913. The zero-order valence-electron chi connectivity index (χ0n) is 7.90. The molecule has 14 heavy (non-hydrogen) atoms. The van der Waals surface area contributed by atoms with Crippen molar-refractivity contribution in [3.05, 3.63) is 12.5 Å². The predicted octanol–water partition coefficient (Wildman–Crippen LogP) is 0.0998. The van der Waals surface area contributed by atoms with Gasteiger partial charge in [-0.25, -0.2) is 13.4 Å². The van der Waals surface area contributed by atoms with Gasteiger partial charge in [0.25, 0.3) is 10.0 Å². The van der Waals surface area contributed by atoms with Crippen LogP contribution < -0.4 is 4.72 Å². The lowest BCUT2D eigenvalue weighted by Gasteiger charge is -2.18. The van der Waals surface area contributed by atoms with E-state index in [0.717, 1.165) is 0 Å². The van der Waals surface area contributed by atoms with Crippen LogP contribution in [0.15, 0.2) is 17.6 Å². The maximum absolute atomic E-state index is 11.6. The molecule has 6 heteroatoms. The second kappa shape index (κ2) is 3.44. The number of hydrogen-bond acceptors (Lipinski definition) is 3. The van der Waals surface area contributed by atoms with E-state index in [2.05, 4.69) is 20.6 Å². The second-order valence-corrected chi connectivity index (χ2v) is 4.94. The number of hydrogen-bond donors (Lipinski definition) is 2. The molecule has 0 aliphatic heterocycles. The first-order valence-corrected chi connectivity index (χ1v) is 5.36. The first-order valence-electron chi connectivity index (χ1n) is 3.87. The van der Waals surface area contributed by atoms with Gasteiger partial charge in [-0.2, -0.15) is 4.72 Å². The average Bonchev–Trinajstić information content (AvgIpc) is 2.54. The Hall–Kier alpha value is -1.32. The van der Waals surface area contributed by atoms with E-state index in [9.17, 15) is 8.42 Å². The van der Waals surface area contributed by atoms with E-state index in [1.165, 1.54) is 12.5 Å².